The Labute approximate surface area is 143 Å². The van der Waals surface area contributed by atoms with Gasteiger partial charge in [-0.3, -0.25) is 0 Å². The lowest BCUT2D eigenvalue weighted by Gasteiger charge is -2.13. The zero-order chi connectivity index (χ0) is 17.4. The van der Waals surface area contributed by atoms with Gasteiger partial charge in [0.1, 0.15) is 0 Å². The lowest BCUT2D eigenvalue weighted by Crippen LogP contribution is -2.04. The van der Waals surface area contributed by atoms with Gasteiger partial charge >= 0.3 is 5.97 Å². The van der Waals surface area contributed by atoms with Crippen LogP contribution >= 0.6 is 0 Å². The van der Waals surface area contributed by atoms with E-state index in [-0.39, 0.29) is 0 Å². The van der Waals surface area contributed by atoms with Gasteiger partial charge < -0.3 is 5.11 Å². The summed E-state index contributed by atoms with van der Waals surface area (Å²) in [6, 6.07) is 14.9. The Kier molecular flexibility index (Phi) is 6.57. The smallest absolute Gasteiger partial charge is 0.335 e. The molecule has 0 radical (unpaired) electrons. The van der Waals surface area contributed by atoms with Crippen LogP contribution in [0.3, 0.4) is 0 Å². The van der Waals surface area contributed by atoms with Crippen molar-refractivity contribution in [3.8, 4) is 17.2 Å². The standard InChI is InChI=1S/C21H23NO2/c1-2-3-4-5-6-8-19-18(9-7-10-20(19)21(23)24)17-13-11-16(15-22)12-14-17/h7,9-14H,2-6,8H2,1H3,(H,23,24). The van der Waals surface area contributed by atoms with E-state index in [2.05, 4.69) is 13.0 Å². The van der Waals surface area contributed by atoms with E-state index >= 15 is 0 Å². The molecule has 3 heteroatoms. The van der Waals surface area contributed by atoms with Gasteiger partial charge in [-0.2, -0.15) is 5.26 Å². The Morgan fingerprint density at radius 3 is 2.38 bits per heavy atom. The van der Waals surface area contributed by atoms with E-state index in [0.29, 0.717) is 11.1 Å². The molecule has 0 saturated heterocycles. The fraction of sp³-hybridized carbons (Fsp3) is 0.333. The maximum atomic E-state index is 11.6. The summed E-state index contributed by atoms with van der Waals surface area (Å²) in [5, 5.41) is 18.4. The van der Waals surface area contributed by atoms with E-state index in [0.717, 1.165) is 36.0 Å². The van der Waals surface area contributed by atoms with Crippen molar-refractivity contribution in [2.75, 3.05) is 0 Å². The Bertz CT molecular complexity index is 726. The zero-order valence-corrected chi connectivity index (χ0v) is 14.1. The molecule has 0 bridgehead atoms. The highest BCUT2D eigenvalue weighted by molar-refractivity contribution is 5.92. The molecule has 0 heterocycles. The van der Waals surface area contributed by atoms with Gasteiger partial charge in [-0.25, -0.2) is 4.79 Å². The van der Waals surface area contributed by atoms with Crippen molar-refractivity contribution >= 4 is 5.97 Å². The maximum Gasteiger partial charge on any atom is 0.335 e. The van der Waals surface area contributed by atoms with Crippen LogP contribution in [-0.2, 0) is 6.42 Å². The van der Waals surface area contributed by atoms with Crippen molar-refractivity contribution in [2.24, 2.45) is 0 Å². The molecule has 0 fully saturated rings. The molecule has 24 heavy (non-hydrogen) atoms. The highest BCUT2D eigenvalue weighted by atomic mass is 16.4. The molecule has 0 amide bonds. The second-order valence-corrected chi connectivity index (χ2v) is 5.99. The third kappa shape index (κ3) is 4.45. The minimum absolute atomic E-state index is 0.382. The first-order chi connectivity index (χ1) is 11.7. The highest BCUT2D eigenvalue weighted by Gasteiger charge is 2.14. The zero-order valence-electron chi connectivity index (χ0n) is 14.1. The molecule has 0 atom stereocenters. The van der Waals surface area contributed by atoms with Crippen molar-refractivity contribution in [1.82, 2.24) is 0 Å². The fourth-order valence-electron chi connectivity index (χ4n) is 2.96. The van der Waals surface area contributed by atoms with Gasteiger partial charge in [0.2, 0.25) is 0 Å². The van der Waals surface area contributed by atoms with Gasteiger partial charge in [0, 0.05) is 0 Å². The van der Waals surface area contributed by atoms with E-state index in [1.807, 2.05) is 18.2 Å². The predicted octanol–water partition coefficient (Wildman–Crippen LogP) is 5.44. The summed E-state index contributed by atoms with van der Waals surface area (Å²) >= 11 is 0. The van der Waals surface area contributed by atoms with Crippen LogP contribution in [-0.4, -0.2) is 11.1 Å². The first kappa shape index (κ1) is 17.7. The number of nitrogens with zero attached hydrogens (tertiary/aromatic N) is 1. The molecule has 2 rings (SSSR count). The van der Waals surface area contributed by atoms with Gasteiger partial charge in [0.05, 0.1) is 17.2 Å². The lowest BCUT2D eigenvalue weighted by molar-refractivity contribution is 0.0695. The largest absolute Gasteiger partial charge is 0.478 e. The minimum atomic E-state index is -0.881. The monoisotopic (exact) mass is 321 g/mol. The van der Waals surface area contributed by atoms with Crippen molar-refractivity contribution in [2.45, 2.75) is 45.4 Å². The molecule has 0 saturated carbocycles. The molecule has 0 aromatic heterocycles. The third-order valence-electron chi connectivity index (χ3n) is 4.26. The second kappa shape index (κ2) is 8.88. The molecular formula is C21H23NO2. The summed E-state index contributed by atoms with van der Waals surface area (Å²) in [4.78, 5) is 11.6. The molecule has 0 spiro atoms. The topological polar surface area (TPSA) is 61.1 Å². The summed E-state index contributed by atoms with van der Waals surface area (Å²) < 4.78 is 0. The molecule has 0 aliphatic rings. The number of nitriles is 1. The van der Waals surface area contributed by atoms with Crippen LogP contribution in [0.2, 0.25) is 0 Å². The maximum absolute atomic E-state index is 11.6. The molecule has 2 aromatic rings. The van der Waals surface area contributed by atoms with Crippen molar-refractivity contribution in [3.05, 3.63) is 59.2 Å². The highest BCUT2D eigenvalue weighted by Crippen LogP contribution is 2.28. The Hall–Kier alpha value is -2.60. The van der Waals surface area contributed by atoms with E-state index in [9.17, 15) is 9.90 Å². The molecule has 3 nitrogen and oxygen atoms in total. The number of carboxylic acids is 1. The van der Waals surface area contributed by atoms with Gasteiger partial charge in [-0.1, -0.05) is 56.9 Å². The SMILES string of the molecule is CCCCCCCc1c(C(=O)O)cccc1-c1ccc(C#N)cc1. The number of hydrogen-bond donors (Lipinski definition) is 1. The van der Waals surface area contributed by atoms with Crippen molar-refractivity contribution < 1.29 is 9.90 Å². The Balaban J connectivity index is 2.30. The first-order valence-electron chi connectivity index (χ1n) is 8.53. The van der Waals surface area contributed by atoms with Gasteiger partial charge in [0.25, 0.3) is 0 Å². The number of rotatable bonds is 8. The van der Waals surface area contributed by atoms with Crippen molar-refractivity contribution in [1.29, 1.82) is 5.26 Å². The van der Waals surface area contributed by atoms with E-state index < -0.39 is 5.97 Å². The molecule has 0 unspecified atom stereocenters. The quantitative estimate of drug-likeness (QED) is 0.659. The fourth-order valence-corrected chi connectivity index (χ4v) is 2.96. The predicted molar refractivity (Wildman–Crippen MR) is 96.0 cm³/mol. The van der Waals surface area contributed by atoms with Crippen molar-refractivity contribution in [3.63, 3.8) is 0 Å². The number of carboxylic acid groups (broad SMARTS) is 1. The summed E-state index contributed by atoms with van der Waals surface area (Å²) in [7, 11) is 0. The first-order valence-corrected chi connectivity index (χ1v) is 8.53. The Morgan fingerprint density at radius 1 is 1.04 bits per heavy atom. The number of hydrogen-bond acceptors (Lipinski definition) is 2. The van der Waals surface area contributed by atoms with Crippen LogP contribution in [0.4, 0.5) is 0 Å². The van der Waals surface area contributed by atoms with Crippen LogP contribution in [0, 0.1) is 11.3 Å². The minimum Gasteiger partial charge on any atom is -0.478 e. The van der Waals surface area contributed by atoms with E-state index in [1.54, 1.807) is 24.3 Å². The normalized spacial score (nSPS) is 10.3. The number of benzene rings is 2. The summed E-state index contributed by atoms with van der Waals surface area (Å²) in [6.07, 6.45) is 6.49. The van der Waals surface area contributed by atoms with Crippen LogP contribution in [0.25, 0.3) is 11.1 Å². The summed E-state index contributed by atoms with van der Waals surface area (Å²) in [6.45, 7) is 2.18. The van der Waals surface area contributed by atoms with Crippen LogP contribution in [0.5, 0.6) is 0 Å². The number of aromatic carboxylic acids is 1. The Morgan fingerprint density at radius 2 is 1.75 bits per heavy atom. The van der Waals surface area contributed by atoms with Gasteiger partial charge in [-0.15, -0.1) is 0 Å². The number of carbonyl (C=O) groups is 1. The van der Waals surface area contributed by atoms with Crippen LogP contribution in [0.15, 0.2) is 42.5 Å². The average molecular weight is 321 g/mol. The molecular weight excluding hydrogens is 298 g/mol. The third-order valence-corrected chi connectivity index (χ3v) is 4.26. The molecule has 1 N–H and O–H groups in total. The van der Waals surface area contributed by atoms with Crippen LogP contribution in [0.1, 0.15) is 60.5 Å². The van der Waals surface area contributed by atoms with Gasteiger partial charge in [0.15, 0.2) is 0 Å². The molecule has 0 aliphatic heterocycles. The molecule has 2 aromatic carbocycles. The van der Waals surface area contributed by atoms with Crippen LogP contribution < -0.4 is 0 Å². The number of unbranched alkanes of at least 4 members (excludes halogenated alkanes) is 4. The second-order valence-electron chi connectivity index (χ2n) is 5.99. The molecule has 124 valence electrons. The van der Waals surface area contributed by atoms with E-state index in [1.165, 1.54) is 19.3 Å². The summed E-state index contributed by atoms with van der Waals surface area (Å²) in [5.74, 6) is -0.881. The molecule has 0 aliphatic carbocycles. The lowest BCUT2D eigenvalue weighted by atomic mass is 9.91. The average Bonchev–Trinajstić information content (AvgIpc) is 2.61. The summed E-state index contributed by atoms with van der Waals surface area (Å²) in [5.41, 5.74) is 3.79. The van der Waals surface area contributed by atoms with E-state index in [4.69, 9.17) is 5.26 Å². The van der Waals surface area contributed by atoms with Gasteiger partial charge in [-0.05, 0) is 47.7 Å².